The molecule has 2 aromatic rings. The average Bonchev–Trinajstić information content (AvgIpc) is 3.15. The number of aromatic nitrogens is 2. The first-order valence-electron chi connectivity index (χ1n) is 6.81. The normalized spacial score (nSPS) is 17.6. The Balaban J connectivity index is 1.66. The lowest BCUT2D eigenvalue weighted by molar-refractivity contribution is -0.122. The van der Waals surface area contributed by atoms with Crippen LogP contribution in [0.5, 0.6) is 0 Å². The van der Waals surface area contributed by atoms with Gasteiger partial charge in [0.1, 0.15) is 5.82 Å². The maximum Gasteiger partial charge on any atom is 0.231 e. The third-order valence-electron chi connectivity index (χ3n) is 3.45. The Bertz CT molecular complexity index is 735. The van der Waals surface area contributed by atoms with Gasteiger partial charge >= 0.3 is 0 Å². The van der Waals surface area contributed by atoms with E-state index in [1.54, 1.807) is 0 Å². The highest BCUT2D eigenvalue weighted by Gasteiger charge is 2.35. The minimum Gasteiger partial charge on any atom is -0.312 e. The van der Waals surface area contributed by atoms with Gasteiger partial charge in [0, 0.05) is 18.7 Å². The van der Waals surface area contributed by atoms with Crippen LogP contribution in [0, 0.1) is 11.7 Å². The Morgan fingerprint density at radius 1 is 1.39 bits per heavy atom. The molecule has 0 aliphatic carbocycles. The van der Waals surface area contributed by atoms with Crippen LogP contribution in [0.3, 0.4) is 0 Å². The minimum atomic E-state index is -0.464. The lowest BCUT2D eigenvalue weighted by atomic mass is 10.1. The fourth-order valence-corrected chi connectivity index (χ4v) is 3.48. The maximum atomic E-state index is 13.0. The van der Waals surface area contributed by atoms with Gasteiger partial charge in [0.25, 0.3) is 0 Å². The Morgan fingerprint density at radius 2 is 2.13 bits per heavy atom. The van der Waals surface area contributed by atoms with E-state index in [1.165, 1.54) is 52.3 Å². The molecule has 0 saturated carbocycles. The number of benzene rings is 1. The first-order chi connectivity index (χ1) is 11.1. The number of halogens is 1. The van der Waals surface area contributed by atoms with E-state index in [4.69, 9.17) is 0 Å². The molecule has 1 aromatic carbocycles. The van der Waals surface area contributed by atoms with Gasteiger partial charge in [0.2, 0.25) is 16.9 Å². The van der Waals surface area contributed by atoms with E-state index < -0.39 is 5.92 Å². The van der Waals surface area contributed by atoms with Crippen LogP contribution >= 0.6 is 23.1 Å². The summed E-state index contributed by atoms with van der Waals surface area (Å²) in [5.41, 5.74) is 0.590. The first-order valence-corrected chi connectivity index (χ1v) is 8.85. The molecule has 1 aliphatic heterocycles. The van der Waals surface area contributed by atoms with Crippen LogP contribution in [0.15, 0.2) is 28.6 Å². The molecule has 0 bridgehead atoms. The Labute approximate surface area is 140 Å². The summed E-state index contributed by atoms with van der Waals surface area (Å²) >= 11 is 2.74. The standard InChI is InChI=1S/C14H13FN4O2S2/c1-22-14-18-17-13(23-14)16-12(21)8-6-11(20)19(7-8)10-4-2-9(15)3-5-10/h2-5,8H,6-7H2,1H3,(H,16,17,21)/t8-/m1/s1. The Morgan fingerprint density at radius 3 is 2.78 bits per heavy atom. The van der Waals surface area contributed by atoms with E-state index in [2.05, 4.69) is 15.5 Å². The van der Waals surface area contributed by atoms with Crippen LogP contribution < -0.4 is 10.2 Å². The molecule has 120 valence electrons. The molecule has 9 heteroatoms. The molecule has 0 spiro atoms. The predicted octanol–water partition coefficient (Wildman–Crippen LogP) is 2.39. The highest BCUT2D eigenvalue weighted by Crippen LogP contribution is 2.27. The molecule has 23 heavy (non-hydrogen) atoms. The number of hydrogen-bond donors (Lipinski definition) is 1. The number of thioether (sulfide) groups is 1. The van der Waals surface area contributed by atoms with Gasteiger partial charge in [-0.1, -0.05) is 23.1 Å². The minimum absolute atomic E-state index is 0.122. The number of carbonyl (C=O) groups excluding carboxylic acids is 2. The lowest BCUT2D eigenvalue weighted by Gasteiger charge is -2.16. The molecule has 1 aliphatic rings. The van der Waals surface area contributed by atoms with Crippen molar-refractivity contribution in [2.75, 3.05) is 23.0 Å². The quantitative estimate of drug-likeness (QED) is 0.675. The summed E-state index contributed by atoms with van der Waals surface area (Å²) in [5, 5.41) is 10.9. The summed E-state index contributed by atoms with van der Waals surface area (Å²) in [6, 6.07) is 5.65. The maximum absolute atomic E-state index is 13.0. The highest BCUT2D eigenvalue weighted by atomic mass is 32.2. The second-order valence-electron chi connectivity index (χ2n) is 4.95. The largest absolute Gasteiger partial charge is 0.312 e. The SMILES string of the molecule is CSc1nnc(NC(=O)[C@@H]2CC(=O)N(c3ccc(F)cc3)C2)s1. The van der Waals surface area contributed by atoms with Gasteiger partial charge in [-0.2, -0.15) is 0 Å². The van der Waals surface area contributed by atoms with Crippen LogP contribution in [0.25, 0.3) is 0 Å². The molecule has 1 N–H and O–H groups in total. The van der Waals surface area contributed by atoms with Gasteiger partial charge in [-0.15, -0.1) is 10.2 Å². The van der Waals surface area contributed by atoms with Crippen LogP contribution in [-0.2, 0) is 9.59 Å². The van der Waals surface area contributed by atoms with Crippen molar-refractivity contribution in [3.63, 3.8) is 0 Å². The predicted molar refractivity (Wildman–Crippen MR) is 87.2 cm³/mol. The first kappa shape index (κ1) is 15.9. The third-order valence-corrected chi connectivity index (χ3v) is 5.26. The molecule has 0 unspecified atom stereocenters. The third kappa shape index (κ3) is 3.50. The lowest BCUT2D eigenvalue weighted by Crippen LogP contribution is -2.28. The van der Waals surface area contributed by atoms with E-state index >= 15 is 0 Å². The fourth-order valence-electron chi connectivity index (χ4n) is 2.30. The van der Waals surface area contributed by atoms with Crippen LogP contribution in [0.4, 0.5) is 15.2 Å². The Hall–Kier alpha value is -2.00. The number of nitrogens with zero attached hydrogens (tertiary/aromatic N) is 3. The van der Waals surface area contributed by atoms with Gasteiger partial charge in [0.05, 0.1) is 5.92 Å². The van der Waals surface area contributed by atoms with Crippen molar-refractivity contribution in [1.82, 2.24) is 10.2 Å². The van der Waals surface area contributed by atoms with E-state index in [-0.39, 0.29) is 30.6 Å². The number of nitrogens with one attached hydrogen (secondary N) is 1. The molecule has 1 aromatic heterocycles. The highest BCUT2D eigenvalue weighted by molar-refractivity contribution is 8.00. The Kier molecular flexibility index (Phi) is 4.58. The molecule has 0 radical (unpaired) electrons. The number of rotatable bonds is 4. The van der Waals surface area contributed by atoms with E-state index in [1.807, 2.05) is 6.26 Å². The van der Waals surface area contributed by atoms with Crippen molar-refractivity contribution in [3.8, 4) is 0 Å². The molecule has 2 heterocycles. The van der Waals surface area contributed by atoms with Crippen molar-refractivity contribution >= 4 is 45.7 Å². The van der Waals surface area contributed by atoms with Gasteiger partial charge in [-0.05, 0) is 30.5 Å². The summed E-state index contributed by atoms with van der Waals surface area (Å²) in [7, 11) is 0. The topological polar surface area (TPSA) is 75.2 Å². The summed E-state index contributed by atoms with van der Waals surface area (Å²) in [6.45, 7) is 0.268. The second-order valence-corrected chi connectivity index (χ2v) is 6.98. The molecule has 6 nitrogen and oxygen atoms in total. The van der Waals surface area contributed by atoms with Crippen molar-refractivity contribution in [2.24, 2.45) is 5.92 Å². The zero-order valence-corrected chi connectivity index (χ0v) is 13.8. The van der Waals surface area contributed by atoms with Crippen molar-refractivity contribution in [2.45, 2.75) is 10.8 Å². The number of anilines is 2. The van der Waals surface area contributed by atoms with E-state index in [0.717, 1.165) is 4.34 Å². The number of hydrogen-bond acceptors (Lipinski definition) is 6. The van der Waals surface area contributed by atoms with Crippen LogP contribution in [0.1, 0.15) is 6.42 Å². The average molecular weight is 352 g/mol. The van der Waals surface area contributed by atoms with Crippen molar-refractivity contribution < 1.29 is 14.0 Å². The molecule has 2 amide bonds. The molecule has 1 atom stereocenters. The smallest absolute Gasteiger partial charge is 0.231 e. The summed E-state index contributed by atoms with van der Waals surface area (Å²) in [5.74, 6) is -1.24. The van der Waals surface area contributed by atoms with Crippen LogP contribution in [0.2, 0.25) is 0 Å². The van der Waals surface area contributed by atoms with Crippen molar-refractivity contribution in [3.05, 3.63) is 30.1 Å². The van der Waals surface area contributed by atoms with Crippen LogP contribution in [-0.4, -0.2) is 34.8 Å². The van der Waals surface area contributed by atoms with Crippen molar-refractivity contribution in [1.29, 1.82) is 0 Å². The summed E-state index contributed by atoms with van der Waals surface area (Å²) in [4.78, 5) is 25.9. The number of carbonyl (C=O) groups is 2. The summed E-state index contributed by atoms with van der Waals surface area (Å²) < 4.78 is 13.7. The summed E-state index contributed by atoms with van der Waals surface area (Å²) in [6.07, 6.45) is 2.00. The molecular formula is C14H13FN4O2S2. The van der Waals surface area contributed by atoms with Gasteiger partial charge in [0.15, 0.2) is 4.34 Å². The van der Waals surface area contributed by atoms with Gasteiger partial charge in [-0.3, -0.25) is 9.59 Å². The zero-order valence-electron chi connectivity index (χ0n) is 12.2. The number of amides is 2. The molecule has 1 saturated heterocycles. The van der Waals surface area contributed by atoms with Gasteiger partial charge < -0.3 is 10.2 Å². The molecule has 3 rings (SSSR count). The second kappa shape index (κ2) is 6.63. The molecule has 1 fully saturated rings. The van der Waals surface area contributed by atoms with E-state index in [0.29, 0.717) is 10.8 Å². The fraction of sp³-hybridized carbons (Fsp3) is 0.286. The van der Waals surface area contributed by atoms with Gasteiger partial charge in [-0.25, -0.2) is 4.39 Å². The molecular weight excluding hydrogens is 339 g/mol. The monoisotopic (exact) mass is 352 g/mol. The van der Waals surface area contributed by atoms with E-state index in [9.17, 15) is 14.0 Å². The zero-order chi connectivity index (χ0) is 16.4.